The second kappa shape index (κ2) is 13.1. The van der Waals surface area contributed by atoms with Gasteiger partial charge in [0.25, 0.3) is 5.91 Å². The molecule has 0 spiro atoms. The number of piperazine rings is 1. The van der Waals surface area contributed by atoms with Crippen LogP contribution < -0.4 is 15.1 Å². The second-order valence-electron chi connectivity index (χ2n) is 10.1. The summed E-state index contributed by atoms with van der Waals surface area (Å²) in [6.45, 7) is 6.58. The van der Waals surface area contributed by atoms with Crippen LogP contribution in [0.2, 0.25) is 10.0 Å². The number of carbonyl (C=O) groups excluding carboxylic acids is 1. The molecule has 3 aromatic rings. The first-order valence-corrected chi connectivity index (χ1v) is 15.0. The zero-order chi connectivity index (χ0) is 30.0. The summed E-state index contributed by atoms with van der Waals surface area (Å²) in [5.74, 6) is -0.768. The number of aromatic amines is 1. The highest BCUT2D eigenvalue weighted by molar-refractivity contribution is 7.17. The maximum atomic E-state index is 12.9. The molecule has 1 amide bonds. The van der Waals surface area contributed by atoms with Crippen LogP contribution >= 0.6 is 34.5 Å². The molecule has 5 heterocycles. The smallest absolute Gasteiger partial charge is 0.348 e. The fourth-order valence-electron chi connectivity index (χ4n) is 5.17. The first-order chi connectivity index (χ1) is 20.2. The number of aryl methyl sites for hydroxylation is 1. The molecule has 13 nitrogen and oxygen atoms in total. The number of hydrogen-bond donors (Lipinski definition) is 4. The van der Waals surface area contributed by atoms with Gasteiger partial charge in [-0.25, -0.2) is 19.7 Å². The van der Waals surface area contributed by atoms with Crippen LogP contribution in [-0.4, -0.2) is 119 Å². The maximum Gasteiger partial charge on any atom is 0.348 e. The van der Waals surface area contributed by atoms with Crippen LogP contribution in [0.25, 0.3) is 11.4 Å². The van der Waals surface area contributed by atoms with Crippen molar-refractivity contribution in [2.24, 2.45) is 0 Å². The molecule has 2 aliphatic rings. The van der Waals surface area contributed by atoms with Gasteiger partial charge in [0.15, 0.2) is 5.13 Å². The number of nitrogens with zero attached hydrogens (tertiary/aromatic N) is 6. The van der Waals surface area contributed by atoms with Crippen molar-refractivity contribution >= 4 is 57.4 Å². The molecule has 0 bridgehead atoms. The number of hydrogen-bond acceptors (Lipinski definition) is 11. The number of rotatable bonds is 9. The number of nitrogens with one attached hydrogen (secondary N) is 2. The van der Waals surface area contributed by atoms with E-state index in [1.807, 2.05) is 4.90 Å². The third-order valence-corrected chi connectivity index (χ3v) is 9.58. The Labute approximate surface area is 256 Å². The van der Waals surface area contributed by atoms with E-state index >= 15 is 0 Å². The van der Waals surface area contributed by atoms with Gasteiger partial charge in [-0.15, -0.1) is 0 Å². The highest BCUT2D eigenvalue weighted by atomic mass is 35.5. The predicted octanol–water partition coefficient (Wildman–Crippen LogP) is 2.38. The summed E-state index contributed by atoms with van der Waals surface area (Å²) in [7, 11) is 1.57. The Bertz CT molecular complexity index is 1430. The molecule has 2 atom stereocenters. The van der Waals surface area contributed by atoms with Gasteiger partial charge in [-0.3, -0.25) is 9.69 Å². The number of thiazole rings is 1. The molecule has 5 rings (SSSR count). The standard InChI is InChI=1S/C26H32Cl2N8O5S/c1-14-19(27)20(28)22(31-14)24(38)32-15-3-4-36(13-17(15)41-2)26-33-21(23(42-26)25(39)40)16-11-30-18(12-29-16)35-7-5-34(6-8-35)9-10-37/h11-12,15,17,31,37H,3-10,13H2,1-2H3,(H,32,38)(H,39,40)/t15-,17+/m1/s1. The minimum Gasteiger partial charge on any atom is -0.477 e. The summed E-state index contributed by atoms with van der Waals surface area (Å²) >= 11 is 13.4. The van der Waals surface area contributed by atoms with Crippen LogP contribution in [0, 0.1) is 6.92 Å². The molecule has 226 valence electrons. The third kappa shape index (κ3) is 6.33. The van der Waals surface area contributed by atoms with Crippen molar-refractivity contribution in [3.8, 4) is 11.4 Å². The number of aliphatic hydroxyl groups is 1. The molecule has 0 unspecified atom stereocenters. The van der Waals surface area contributed by atoms with Gasteiger partial charge in [0.1, 0.15) is 27.8 Å². The molecule has 2 fully saturated rings. The Morgan fingerprint density at radius 2 is 1.90 bits per heavy atom. The fraction of sp³-hybridized carbons (Fsp3) is 0.500. The van der Waals surface area contributed by atoms with Crippen molar-refractivity contribution in [3.05, 3.63) is 38.7 Å². The summed E-state index contributed by atoms with van der Waals surface area (Å²) in [4.78, 5) is 48.0. The van der Waals surface area contributed by atoms with E-state index in [-0.39, 0.29) is 45.9 Å². The van der Waals surface area contributed by atoms with Crippen molar-refractivity contribution in [3.63, 3.8) is 0 Å². The highest BCUT2D eigenvalue weighted by Crippen LogP contribution is 2.34. The Morgan fingerprint density at radius 1 is 1.14 bits per heavy atom. The zero-order valence-electron chi connectivity index (χ0n) is 23.1. The van der Waals surface area contributed by atoms with Crippen molar-refractivity contribution < 1.29 is 24.5 Å². The maximum absolute atomic E-state index is 12.9. The summed E-state index contributed by atoms with van der Waals surface area (Å²) in [5.41, 5.74) is 1.44. The van der Waals surface area contributed by atoms with E-state index in [0.717, 1.165) is 37.5 Å². The average Bonchev–Trinajstić information content (AvgIpc) is 3.56. The minimum absolute atomic E-state index is 0.0719. The van der Waals surface area contributed by atoms with Gasteiger partial charge in [-0.1, -0.05) is 34.5 Å². The predicted molar refractivity (Wildman–Crippen MR) is 160 cm³/mol. The number of carboxylic acids is 1. The average molecular weight is 640 g/mol. The molecule has 4 N–H and O–H groups in total. The monoisotopic (exact) mass is 638 g/mol. The molecule has 16 heteroatoms. The number of aromatic nitrogens is 4. The zero-order valence-corrected chi connectivity index (χ0v) is 25.5. The number of carboxylic acid groups (broad SMARTS) is 1. The molecule has 2 aliphatic heterocycles. The quantitative estimate of drug-likeness (QED) is 0.272. The van der Waals surface area contributed by atoms with Gasteiger partial charge in [-0.2, -0.15) is 0 Å². The molecule has 2 saturated heterocycles. The summed E-state index contributed by atoms with van der Waals surface area (Å²) < 4.78 is 5.70. The van der Waals surface area contributed by atoms with E-state index in [2.05, 4.69) is 35.1 Å². The van der Waals surface area contributed by atoms with Crippen LogP contribution in [-0.2, 0) is 4.74 Å². The minimum atomic E-state index is -1.10. The van der Waals surface area contributed by atoms with Crippen molar-refractivity contribution in [2.75, 3.05) is 69.3 Å². The van der Waals surface area contributed by atoms with Crippen LogP contribution in [0.3, 0.4) is 0 Å². The van der Waals surface area contributed by atoms with Crippen LogP contribution in [0.5, 0.6) is 0 Å². The number of halogens is 2. The lowest BCUT2D eigenvalue weighted by Crippen LogP contribution is -2.55. The SMILES string of the molecule is CO[C@H]1CN(c2nc(-c3cnc(N4CCN(CCO)CC4)cn3)c(C(=O)O)s2)CC[C@H]1NC(=O)c1[nH]c(C)c(Cl)c1Cl. The van der Waals surface area contributed by atoms with Gasteiger partial charge < -0.3 is 35.1 Å². The largest absolute Gasteiger partial charge is 0.477 e. The number of piperidine rings is 1. The number of ether oxygens (including phenoxy) is 1. The van der Waals surface area contributed by atoms with E-state index < -0.39 is 5.97 Å². The Morgan fingerprint density at radius 3 is 2.50 bits per heavy atom. The highest BCUT2D eigenvalue weighted by Gasteiger charge is 2.34. The van der Waals surface area contributed by atoms with Crippen LogP contribution in [0.15, 0.2) is 12.4 Å². The van der Waals surface area contributed by atoms with E-state index in [9.17, 15) is 14.7 Å². The Kier molecular flexibility index (Phi) is 9.50. The molecule has 0 saturated carbocycles. The topological polar surface area (TPSA) is 160 Å². The number of aromatic carboxylic acids is 1. The lowest BCUT2D eigenvalue weighted by molar-refractivity contribution is 0.0540. The Balaban J connectivity index is 1.28. The summed E-state index contributed by atoms with van der Waals surface area (Å²) in [6, 6.07) is -0.306. The van der Waals surface area contributed by atoms with Crippen molar-refractivity contribution in [1.82, 2.24) is 30.2 Å². The number of methoxy groups -OCH3 is 1. The van der Waals surface area contributed by atoms with Gasteiger partial charge >= 0.3 is 5.97 Å². The fourth-order valence-corrected chi connectivity index (χ4v) is 6.54. The number of aliphatic hydroxyl groups excluding tert-OH is 1. The molecular formula is C26H32Cl2N8O5S. The van der Waals surface area contributed by atoms with Crippen LogP contribution in [0.4, 0.5) is 10.9 Å². The van der Waals surface area contributed by atoms with Gasteiger partial charge in [0.05, 0.1) is 41.2 Å². The van der Waals surface area contributed by atoms with E-state index in [1.54, 1.807) is 26.4 Å². The summed E-state index contributed by atoms with van der Waals surface area (Å²) in [5, 5.41) is 23.1. The lowest BCUT2D eigenvalue weighted by atomic mass is 10.0. The third-order valence-electron chi connectivity index (χ3n) is 7.53. The molecule has 3 aromatic heterocycles. The normalized spacial score (nSPS) is 19.7. The van der Waals surface area contributed by atoms with Gasteiger partial charge in [0.2, 0.25) is 0 Å². The second-order valence-corrected chi connectivity index (χ2v) is 11.9. The van der Waals surface area contributed by atoms with E-state index in [0.29, 0.717) is 53.4 Å². The van der Waals surface area contributed by atoms with Crippen LogP contribution in [0.1, 0.15) is 32.3 Å². The number of β-amino-alcohol motifs (C(OH)–C–C–N with tert-alkyl or cyclic N) is 1. The molecule has 0 aromatic carbocycles. The van der Waals surface area contributed by atoms with E-state index in [4.69, 9.17) is 33.0 Å². The number of amides is 1. The lowest BCUT2D eigenvalue weighted by Gasteiger charge is -2.37. The van der Waals surface area contributed by atoms with Gasteiger partial charge in [-0.05, 0) is 13.3 Å². The summed E-state index contributed by atoms with van der Waals surface area (Å²) in [6.07, 6.45) is 3.35. The molecule has 0 radical (unpaired) electrons. The van der Waals surface area contributed by atoms with Crippen molar-refractivity contribution in [2.45, 2.75) is 25.5 Å². The number of H-pyrrole nitrogens is 1. The first kappa shape index (κ1) is 30.4. The van der Waals surface area contributed by atoms with Gasteiger partial charge in [0, 0.05) is 58.6 Å². The van der Waals surface area contributed by atoms with E-state index in [1.165, 1.54) is 0 Å². The molecular weight excluding hydrogens is 607 g/mol. The number of carbonyl (C=O) groups is 2. The Hall–Kier alpha value is -3.01. The first-order valence-electron chi connectivity index (χ1n) is 13.5. The van der Waals surface area contributed by atoms with Crippen molar-refractivity contribution in [1.29, 1.82) is 0 Å². The molecule has 0 aliphatic carbocycles. The number of anilines is 2. The molecule has 42 heavy (non-hydrogen) atoms.